The van der Waals surface area contributed by atoms with Crippen LogP contribution in [0.3, 0.4) is 0 Å². The minimum Gasteiger partial charge on any atom is -0.399 e. The summed E-state index contributed by atoms with van der Waals surface area (Å²) in [5, 5.41) is 0. The van der Waals surface area contributed by atoms with E-state index >= 15 is 0 Å². The van der Waals surface area contributed by atoms with Gasteiger partial charge in [0, 0.05) is 68.2 Å². The highest BCUT2D eigenvalue weighted by atomic mass is 127. The lowest BCUT2D eigenvalue weighted by Gasteiger charge is -2.32. The van der Waals surface area contributed by atoms with Gasteiger partial charge in [-0.25, -0.2) is 0 Å². The van der Waals surface area contributed by atoms with Gasteiger partial charge < -0.3 is 9.31 Å². The van der Waals surface area contributed by atoms with E-state index in [0.717, 1.165) is 69.4 Å². The quantitative estimate of drug-likeness (QED) is 0.0177. The molecule has 9 rings (SSSR count). The van der Waals surface area contributed by atoms with E-state index in [1.807, 2.05) is 51.4 Å². The van der Waals surface area contributed by atoms with Crippen molar-refractivity contribution in [1.82, 2.24) is 0 Å². The summed E-state index contributed by atoms with van der Waals surface area (Å²) in [5.41, 5.74) is 7.97. The number of thiophene rings is 5. The lowest BCUT2D eigenvalue weighted by molar-refractivity contribution is 0.00578. The molecule has 0 bridgehead atoms. The summed E-state index contributed by atoms with van der Waals surface area (Å²) in [7, 11) is -0.549. The van der Waals surface area contributed by atoms with Crippen LogP contribution in [0.4, 0.5) is 0 Å². The summed E-state index contributed by atoms with van der Waals surface area (Å²) >= 11 is 21.2. The summed E-state index contributed by atoms with van der Waals surface area (Å²) in [6.07, 6.45) is 37.0. The number of halogens is 4. The van der Waals surface area contributed by atoms with Crippen molar-refractivity contribution >= 4 is 146 Å². The van der Waals surface area contributed by atoms with E-state index in [4.69, 9.17) is 15.7 Å². The molecule has 8 aromatic rings. The van der Waals surface area contributed by atoms with Gasteiger partial charge in [0.1, 0.15) is 0 Å². The molecule has 1 aliphatic heterocycles. The lowest BCUT2D eigenvalue weighted by atomic mass is 9.70. The molecule has 12 heteroatoms. The Balaban J connectivity index is 0.000000256. The van der Waals surface area contributed by atoms with Crippen LogP contribution in [0.5, 0.6) is 0 Å². The second-order valence-corrected chi connectivity index (χ2v) is 42.2. The molecular weight excluding hydrogens is 1770 g/mol. The van der Waals surface area contributed by atoms with Crippen molar-refractivity contribution in [2.75, 3.05) is 0 Å². The average Bonchev–Trinajstić information content (AvgIpc) is 1.57. The predicted molar refractivity (Wildman–Crippen MR) is 505 cm³/mol. The summed E-state index contributed by atoms with van der Waals surface area (Å²) in [6, 6.07) is 35.3. The molecule has 0 radical (unpaired) electrons. The van der Waals surface area contributed by atoms with Gasteiger partial charge in [0.2, 0.25) is 0 Å². The molecule has 2 nitrogen and oxygen atoms in total. The standard InChI is InChI=1S/C40H53BO2S2.C34H41BrS2.C12H16S.C10H11BrI2/c1-10-12-14-16-18-33-24-26-35(44-33)22-20-30-28-32(38(3,4)5)29-31(37(30)41-42-39(6,7)40(8,9)43-41)21-23-36-27-25-34(45-36)19-17-15-13-11-2;1-6-8-10-12-14-29-20-22-31(36-29)18-16-26-24-28(34(3,4)5)25-27(33(26)35)17-19-32-23-21-30(37-32)15-13-11-9-7-2;1-3-5-6-7-8-12-10-9-11(4-2)13-12;1-10(2,3)6-4-7(12)9(11)8(13)5-6/h24-29H,10-19H2,1-9H3;20-25H,6-15H2,1-5H3;2,9-10H,3,5-8H2,1H3;4-5H,1-3H3. The number of benzene rings is 3. The first-order chi connectivity index (χ1) is 51.3. The molecule has 3 aromatic carbocycles. The smallest absolute Gasteiger partial charge is 0.399 e. The molecule has 0 amide bonds. The van der Waals surface area contributed by atoms with Crippen molar-refractivity contribution in [2.24, 2.45) is 0 Å². The van der Waals surface area contributed by atoms with Crippen molar-refractivity contribution in [3.8, 4) is 59.7 Å². The number of terminal acetylenes is 1. The number of hydrogen-bond acceptors (Lipinski definition) is 7. The Labute approximate surface area is 721 Å². The number of unbranched alkanes of at least 4 members (excludes halogenated alkanes) is 15. The van der Waals surface area contributed by atoms with Crippen LogP contribution in [0.1, 0.15) is 341 Å². The minimum absolute atomic E-state index is 0.0245. The van der Waals surface area contributed by atoms with Gasteiger partial charge in [-0.05, 0) is 299 Å². The second kappa shape index (κ2) is 46.7. The first kappa shape index (κ1) is 93.2. The van der Waals surface area contributed by atoms with Crippen LogP contribution in [-0.2, 0) is 57.7 Å². The van der Waals surface area contributed by atoms with Gasteiger partial charge in [-0.2, -0.15) is 0 Å². The third kappa shape index (κ3) is 31.6. The third-order valence-electron chi connectivity index (χ3n) is 19.4. The van der Waals surface area contributed by atoms with Gasteiger partial charge in [-0.1, -0.05) is 247 Å². The summed E-state index contributed by atoms with van der Waals surface area (Å²) < 4.78 is 18.1. The van der Waals surface area contributed by atoms with Crippen molar-refractivity contribution in [3.05, 3.63) is 201 Å². The summed E-state index contributed by atoms with van der Waals surface area (Å²) in [6.45, 7) is 39.9. The molecule has 1 aliphatic rings. The molecule has 108 heavy (non-hydrogen) atoms. The Kier molecular flexibility index (Phi) is 40.3. The van der Waals surface area contributed by atoms with Crippen LogP contribution in [0.15, 0.2) is 106 Å². The van der Waals surface area contributed by atoms with Crippen LogP contribution < -0.4 is 5.46 Å². The maximum Gasteiger partial charge on any atom is 0.497 e. The zero-order valence-electron chi connectivity index (χ0n) is 68.4. The number of rotatable bonds is 26. The highest BCUT2D eigenvalue weighted by molar-refractivity contribution is 14.1. The van der Waals surface area contributed by atoms with Crippen molar-refractivity contribution in [2.45, 2.75) is 313 Å². The summed E-state index contributed by atoms with van der Waals surface area (Å²) in [5.74, 6) is 30.6. The van der Waals surface area contributed by atoms with Crippen LogP contribution in [0.25, 0.3) is 0 Å². The van der Waals surface area contributed by atoms with Gasteiger partial charge in [0.05, 0.1) is 35.6 Å². The molecule has 5 aromatic heterocycles. The molecule has 0 atom stereocenters. The highest BCUT2D eigenvalue weighted by Gasteiger charge is 2.53. The predicted octanol–water partition coefficient (Wildman–Crippen LogP) is 30.2. The maximum atomic E-state index is 6.64. The Hall–Kier alpha value is -3.64. The Morgan fingerprint density at radius 2 is 0.602 bits per heavy atom. The SMILES string of the molecule is C#Cc1ccc(CCCCCC)s1.CC(C)(C)c1cc(I)c(Br)c(I)c1.CCCCCCc1ccc(C#Cc2cc(C(C)(C)C)cc(C#Cc3ccc(CCCCCC)s3)c2B2OC(C)(C)C(C)(C)O2)s1.CCCCCCc1ccc(C#Cc2cc(C(C)(C)C)cc(C#Cc3ccc(CCCCCC)s3)c2Br)s1. The molecule has 578 valence electrons. The largest absolute Gasteiger partial charge is 0.497 e. The summed E-state index contributed by atoms with van der Waals surface area (Å²) in [4.78, 5) is 12.7. The number of hydrogen-bond donors (Lipinski definition) is 0. The van der Waals surface area contributed by atoms with Gasteiger partial charge in [-0.15, -0.1) is 63.1 Å². The fourth-order valence-electron chi connectivity index (χ4n) is 11.8. The van der Waals surface area contributed by atoms with E-state index in [1.165, 1.54) is 200 Å². The topological polar surface area (TPSA) is 18.5 Å². The van der Waals surface area contributed by atoms with Crippen molar-refractivity contribution in [1.29, 1.82) is 0 Å². The van der Waals surface area contributed by atoms with E-state index in [-0.39, 0.29) is 16.2 Å². The fourth-order valence-corrected chi connectivity index (χ4v) is 18.7. The van der Waals surface area contributed by atoms with Crippen molar-refractivity contribution in [3.63, 3.8) is 0 Å². The molecule has 0 saturated carbocycles. The monoisotopic (exact) mass is 1890 g/mol. The first-order valence-electron chi connectivity index (χ1n) is 39.8. The van der Waals surface area contributed by atoms with Gasteiger partial charge in [-0.3, -0.25) is 0 Å². The van der Waals surface area contributed by atoms with Gasteiger partial charge in [0.15, 0.2) is 0 Å². The molecular formula is C96H121BBr2I2O2S5. The van der Waals surface area contributed by atoms with Crippen LogP contribution >= 0.6 is 134 Å². The van der Waals surface area contributed by atoms with E-state index in [9.17, 15) is 0 Å². The molecule has 0 aliphatic carbocycles. The third-order valence-corrected chi connectivity index (χ3v) is 29.6. The molecule has 6 heterocycles. The van der Waals surface area contributed by atoms with E-state index < -0.39 is 18.3 Å². The van der Waals surface area contributed by atoms with Crippen molar-refractivity contribution < 1.29 is 9.31 Å². The molecule has 0 N–H and O–H groups in total. The molecule has 1 saturated heterocycles. The molecule has 0 spiro atoms. The van der Waals surface area contributed by atoms with E-state index in [0.29, 0.717) is 0 Å². The van der Waals surface area contributed by atoms with Crippen LogP contribution in [-0.4, -0.2) is 18.3 Å². The number of aryl methyl sites for hydroxylation is 5. The zero-order chi connectivity index (χ0) is 79.1. The van der Waals surface area contributed by atoms with Crippen LogP contribution in [0.2, 0.25) is 0 Å². The van der Waals surface area contributed by atoms with Gasteiger partial charge >= 0.3 is 7.12 Å². The van der Waals surface area contributed by atoms with E-state index in [1.54, 1.807) is 11.3 Å². The minimum atomic E-state index is -0.549. The normalized spacial score (nSPS) is 12.8. The van der Waals surface area contributed by atoms with Crippen LogP contribution in [0, 0.1) is 66.8 Å². The maximum absolute atomic E-state index is 6.64. The first-order valence-corrected chi connectivity index (χ1v) is 47.7. The van der Waals surface area contributed by atoms with Gasteiger partial charge in [0.25, 0.3) is 0 Å². The lowest BCUT2D eigenvalue weighted by Crippen LogP contribution is -2.41. The Bertz CT molecular complexity index is 4200. The second-order valence-electron chi connectivity index (χ2n) is 32.5. The molecule has 0 unspecified atom stereocenters. The average molecular weight is 1890 g/mol. The van der Waals surface area contributed by atoms with E-state index in [2.05, 4.69) is 346 Å². The fraction of sp³-hybridized carbons (Fsp3) is 0.500. The Morgan fingerprint density at radius 3 is 0.861 bits per heavy atom. The molecule has 1 fully saturated rings. The highest BCUT2D eigenvalue weighted by Crippen LogP contribution is 2.39. The zero-order valence-corrected chi connectivity index (χ0v) is 80.0. The Morgan fingerprint density at radius 1 is 0.352 bits per heavy atom.